The first kappa shape index (κ1) is 11.1. The molecule has 0 aliphatic heterocycles. The summed E-state index contributed by atoms with van der Waals surface area (Å²) in [4.78, 5) is 4.45. The molecule has 80 valence electrons. The van der Waals surface area contributed by atoms with Gasteiger partial charge < -0.3 is 0 Å². The Balaban J connectivity index is 2.57. The molecule has 2 aromatic rings. The molecule has 2 rings (SSSR count). The van der Waals surface area contributed by atoms with E-state index in [1.807, 2.05) is 6.20 Å². The van der Waals surface area contributed by atoms with E-state index in [0.29, 0.717) is 0 Å². The van der Waals surface area contributed by atoms with Gasteiger partial charge in [0.05, 0.1) is 0 Å². The number of hydrogen-bond acceptors (Lipinski definition) is 1. The van der Waals surface area contributed by atoms with Crippen LogP contribution >= 0.6 is 0 Å². The zero-order chi connectivity index (χ0) is 11.4. The Labute approximate surface area is 97.8 Å². The molecule has 16 heavy (non-hydrogen) atoms. The Hall–Kier alpha value is -1.44. The van der Waals surface area contributed by atoms with Gasteiger partial charge in [0, 0.05) is 0 Å². The summed E-state index contributed by atoms with van der Waals surface area (Å²) in [6.07, 6.45) is 3.96. The van der Waals surface area contributed by atoms with E-state index in [0.717, 1.165) is 12.8 Å². The zero-order valence-corrected chi connectivity index (χ0v) is 9.90. The van der Waals surface area contributed by atoms with Crippen LogP contribution < -0.4 is 0 Å². The van der Waals surface area contributed by atoms with E-state index in [1.54, 1.807) is 0 Å². The van der Waals surface area contributed by atoms with Crippen LogP contribution in [0.3, 0.4) is 0 Å². The summed E-state index contributed by atoms with van der Waals surface area (Å²) in [5, 5.41) is 0. The SMILES string of the molecule is CCc1nccc(-c2bcccc2)c1CC. The van der Waals surface area contributed by atoms with Gasteiger partial charge in [-0.15, -0.1) is 0 Å². The third-order valence-electron chi connectivity index (χ3n) is 2.92. The van der Waals surface area contributed by atoms with Crippen molar-refractivity contribution in [2.75, 3.05) is 0 Å². The molecule has 0 radical (unpaired) electrons. The van der Waals surface area contributed by atoms with Gasteiger partial charge in [-0.3, -0.25) is 0 Å². The molecule has 0 aliphatic carbocycles. The number of aromatic nitrogens is 1. The molecule has 2 heterocycles. The van der Waals surface area contributed by atoms with Gasteiger partial charge in [0.15, 0.2) is 0 Å². The molecule has 0 unspecified atom stereocenters. The van der Waals surface area contributed by atoms with Gasteiger partial charge in [0.25, 0.3) is 0 Å². The van der Waals surface area contributed by atoms with Gasteiger partial charge in [-0.2, -0.15) is 0 Å². The normalized spacial score (nSPS) is 10.1. The quantitative estimate of drug-likeness (QED) is 0.756. The van der Waals surface area contributed by atoms with Crippen molar-refractivity contribution in [3.63, 3.8) is 0 Å². The van der Waals surface area contributed by atoms with Crippen molar-refractivity contribution in [2.45, 2.75) is 26.7 Å². The van der Waals surface area contributed by atoms with Crippen LogP contribution in [-0.2, 0) is 12.8 Å². The topological polar surface area (TPSA) is 12.9 Å². The summed E-state index contributed by atoms with van der Waals surface area (Å²) in [7, 11) is 0. The summed E-state index contributed by atoms with van der Waals surface area (Å²) in [6.45, 7) is 6.52. The standard InChI is InChI=1S/C14H16BN/c1-3-11-12(8-10-16-14(11)4-2)13-7-5-6-9-15-13/h5-10H,3-4H2,1-2H3. The van der Waals surface area contributed by atoms with Crippen molar-refractivity contribution in [1.29, 1.82) is 0 Å². The Morgan fingerprint density at radius 2 is 2.00 bits per heavy atom. The molecule has 1 nitrogen and oxygen atoms in total. The Bertz CT molecular complexity index is 465. The fourth-order valence-electron chi connectivity index (χ4n) is 2.12. The van der Waals surface area contributed by atoms with E-state index >= 15 is 0 Å². The van der Waals surface area contributed by atoms with Crippen molar-refractivity contribution in [3.8, 4) is 11.0 Å². The molecule has 0 bridgehead atoms. The molecule has 0 saturated heterocycles. The van der Waals surface area contributed by atoms with Crippen LogP contribution in [0.4, 0.5) is 0 Å². The average molecular weight is 209 g/mol. The average Bonchev–Trinajstić information content (AvgIpc) is 2.38. The molecule has 0 amide bonds. The van der Waals surface area contributed by atoms with Gasteiger partial charge in [-0.05, 0) is 0 Å². The molecule has 0 aliphatic rings. The fraction of sp³-hybridized carbons (Fsp3) is 0.286. The third kappa shape index (κ3) is 2.06. The van der Waals surface area contributed by atoms with Crippen LogP contribution in [0.2, 0.25) is 0 Å². The number of nitrogens with zero attached hydrogens (tertiary/aromatic N) is 1. The van der Waals surface area contributed by atoms with Crippen molar-refractivity contribution in [2.24, 2.45) is 0 Å². The van der Waals surface area contributed by atoms with Crippen molar-refractivity contribution < 1.29 is 0 Å². The van der Waals surface area contributed by atoms with Gasteiger partial charge in [-0.1, -0.05) is 0 Å². The third-order valence-corrected chi connectivity index (χ3v) is 2.92. The summed E-state index contributed by atoms with van der Waals surface area (Å²) in [6, 6.07) is 8.42. The molecular formula is C14H16BN. The molecule has 0 fully saturated rings. The number of rotatable bonds is 3. The van der Waals surface area contributed by atoms with Gasteiger partial charge >= 0.3 is 97.3 Å². The molecule has 0 aromatic carbocycles. The molecule has 2 heteroatoms. The van der Waals surface area contributed by atoms with Crippen LogP contribution in [0.5, 0.6) is 0 Å². The molecule has 0 spiro atoms. The predicted octanol–water partition coefficient (Wildman–Crippen LogP) is 3.21. The number of hydrogen-bond donors (Lipinski definition) is 0. The van der Waals surface area contributed by atoms with E-state index in [9.17, 15) is 0 Å². The van der Waals surface area contributed by atoms with Crippen molar-refractivity contribution in [3.05, 3.63) is 47.7 Å². The van der Waals surface area contributed by atoms with E-state index in [1.165, 1.54) is 22.3 Å². The van der Waals surface area contributed by atoms with Crippen LogP contribution in [0.25, 0.3) is 11.0 Å². The van der Waals surface area contributed by atoms with E-state index in [4.69, 9.17) is 0 Å². The second kappa shape index (κ2) is 5.06. The Kier molecular flexibility index (Phi) is 3.50. The molecule has 0 saturated carbocycles. The summed E-state index contributed by atoms with van der Waals surface area (Å²) >= 11 is 0. The van der Waals surface area contributed by atoms with E-state index < -0.39 is 0 Å². The molecular weight excluding hydrogens is 193 g/mol. The summed E-state index contributed by atoms with van der Waals surface area (Å²) in [5.41, 5.74) is 5.23. The summed E-state index contributed by atoms with van der Waals surface area (Å²) in [5.74, 6) is 2.08. The number of pyridine rings is 1. The minimum atomic E-state index is 1.00. The molecule has 0 N–H and O–H groups in total. The second-order valence-electron chi connectivity index (χ2n) is 3.86. The van der Waals surface area contributed by atoms with Crippen molar-refractivity contribution in [1.82, 2.24) is 4.98 Å². The Morgan fingerprint density at radius 3 is 2.62 bits per heavy atom. The van der Waals surface area contributed by atoms with Gasteiger partial charge in [-0.25, -0.2) is 0 Å². The first-order chi connectivity index (χ1) is 7.86. The van der Waals surface area contributed by atoms with Crippen molar-refractivity contribution >= 4 is 6.91 Å². The second-order valence-corrected chi connectivity index (χ2v) is 3.86. The zero-order valence-electron chi connectivity index (χ0n) is 9.90. The van der Waals surface area contributed by atoms with Gasteiger partial charge in [0.1, 0.15) is 0 Å². The Morgan fingerprint density at radius 1 is 1.12 bits per heavy atom. The first-order valence-electron chi connectivity index (χ1n) is 5.89. The fourth-order valence-corrected chi connectivity index (χ4v) is 2.12. The number of aryl methyl sites for hydroxylation is 1. The summed E-state index contributed by atoms with van der Waals surface area (Å²) < 4.78 is 0. The van der Waals surface area contributed by atoms with Crippen LogP contribution in [-0.4, -0.2) is 11.9 Å². The molecule has 2 aromatic heterocycles. The van der Waals surface area contributed by atoms with Crippen LogP contribution in [0.1, 0.15) is 25.1 Å². The predicted molar refractivity (Wildman–Crippen MR) is 69.8 cm³/mol. The first-order valence-corrected chi connectivity index (χ1v) is 5.89. The maximum absolute atomic E-state index is 4.45. The van der Waals surface area contributed by atoms with E-state index in [-0.39, 0.29) is 0 Å². The van der Waals surface area contributed by atoms with Crippen LogP contribution in [0.15, 0.2) is 36.4 Å². The minimum absolute atomic E-state index is 1.00. The maximum atomic E-state index is 4.45. The van der Waals surface area contributed by atoms with Crippen LogP contribution in [0, 0.1) is 0 Å². The van der Waals surface area contributed by atoms with E-state index in [2.05, 4.69) is 56.0 Å². The molecule has 0 atom stereocenters. The van der Waals surface area contributed by atoms with Gasteiger partial charge in [0.2, 0.25) is 0 Å². The monoisotopic (exact) mass is 209 g/mol.